The summed E-state index contributed by atoms with van der Waals surface area (Å²) in [5, 5.41) is 14.0. The summed E-state index contributed by atoms with van der Waals surface area (Å²) in [4.78, 5) is 0. The highest BCUT2D eigenvalue weighted by Crippen LogP contribution is 2.26. The van der Waals surface area contributed by atoms with Crippen LogP contribution in [0.2, 0.25) is 0 Å². The van der Waals surface area contributed by atoms with E-state index in [1.807, 2.05) is 6.07 Å². The van der Waals surface area contributed by atoms with E-state index in [2.05, 4.69) is 11.6 Å². The molecule has 0 aliphatic carbocycles. The number of nitrogens with one attached hydrogen (secondary N) is 1. The molecule has 0 aliphatic heterocycles. The molecule has 0 unspecified atom stereocenters. The number of rotatable bonds is 7. The molecular weight excluding hydrogens is 266 g/mol. The highest BCUT2D eigenvalue weighted by atomic mass is 32.2. The zero-order chi connectivity index (χ0) is 14.3. The summed E-state index contributed by atoms with van der Waals surface area (Å²) in [6, 6.07) is 6.60. The van der Waals surface area contributed by atoms with E-state index in [1.165, 1.54) is 6.07 Å². The summed E-state index contributed by atoms with van der Waals surface area (Å²) in [6.45, 7) is 2.57. The molecule has 7 heteroatoms. The Kier molecular flexibility index (Phi) is 5.60. The number of unbranched alkanes of at least 4 members (excludes halogenated alkanes) is 2. The number of nitrogens with zero attached hydrogens (tertiary/aromatic N) is 1. The van der Waals surface area contributed by atoms with Gasteiger partial charge >= 0.3 is 0 Å². The maximum Gasteiger partial charge on any atom is 0.296 e. The van der Waals surface area contributed by atoms with Crippen molar-refractivity contribution in [2.45, 2.75) is 26.2 Å². The standard InChI is InChI=1S/C12H17N3O3S/c1-2-3-4-8-18-12-7-5-6-11(10(12)9-13)15-19(14,16)17/h5-7,15H,2-4,8H2,1H3,(H2,14,16,17). The molecule has 0 atom stereocenters. The summed E-state index contributed by atoms with van der Waals surface area (Å²) < 4.78 is 29.6. The second-order valence-electron chi connectivity index (χ2n) is 3.99. The SMILES string of the molecule is CCCCCOc1cccc(NS(N)(=O)=O)c1C#N. The van der Waals surface area contributed by atoms with E-state index in [1.54, 1.807) is 12.1 Å². The summed E-state index contributed by atoms with van der Waals surface area (Å²) in [5.74, 6) is 0.354. The molecule has 0 heterocycles. The van der Waals surface area contributed by atoms with Gasteiger partial charge in [0, 0.05) is 0 Å². The second kappa shape index (κ2) is 6.97. The van der Waals surface area contributed by atoms with Crippen molar-refractivity contribution in [1.82, 2.24) is 0 Å². The minimum Gasteiger partial charge on any atom is -0.492 e. The van der Waals surface area contributed by atoms with Crippen LogP contribution in [0, 0.1) is 11.3 Å². The van der Waals surface area contributed by atoms with Gasteiger partial charge in [-0.3, -0.25) is 4.72 Å². The van der Waals surface area contributed by atoms with E-state index in [0.29, 0.717) is 12.4 Å². The molecular formula is C12H17N3O3S. The summed E-state index contributed by atoms with van der Waals surface area (Å²) >= 11 is 0. The Morgan fingerprint density at radius 1 is 1.42 bits per heavy atom. The number of anilines is 1. The van der Waals surface area contributed by atoms with Crippen molar-refractivity contribution in [2.75, 3.05) is 11.3 Å². The van der Waals surface area contributed by atoms with Crippen LogP contribution < -0.4 is 14.6 Å². The van der Waals surface area contributed by atoms with Crippen molar-refractivity contribution < 1.29 is 13.2 Å². The summed E-state index contributed by atoms with van der Waals surface area (Å²) in [6.07, 6.45) is 2.99. The van der Waals surface area contributed by atoms with Gasteiger partial charge in [0.25, 0.3) is 10.2 Å². The van der Waals surface area contributed by atoms with Gasteiger partial charge in [0.2, 0.25) is 0 Å². The number of benzene rings is 1. The van der Waals surface area contributed by atoms with Crippen LogP contribution in [-0.4, -0.2) is 15.0 Å². The molecule has 19 heavy (non-hydrogen) atoms. The molecule has 1 rings (SSSR count). The van der Waals surface area contributed by atoms with Gasteiger partial charge in [0.15, 0.2) is 0 Å². The van der Waals surface area contributed by atoms with Crippen molar-refractivity contribution in [3.05, 3.63) is 23.8 Å². The van der Waals surface area contributed by atoms with Gasteiger partial charge in [-0.25, -0.2) is 5.14 Å². The predicted molar refractivity (Wildman–Crippen MR) is 72.9 cm³/mol. The van der Waals surface area contributed by atoms with Crippen LogP contribution in [-0.2, 0) is 10.2 Å². The fraction of sp³-hybridized carbons (Fsp3) is 0.417. The monoisotopic (exact) mass is 283 g/mol. The van der Waals surface area contributed by atoms with Gasteiger partial charge in [-0.15, -0.1) is 0 Å². The van der Waals surface area contributed by atoms with Crippen molar-refractivity contribution in [3.8, 4) is 11.8 Å². The first kappa shape index (κ1) is 15.3. The van der Waals surface area contributed by atoms with Crippen LogP contribution in [0.3, 0.4) is 0 Å². The quantitative estimate of drug-likeness (QED) is 0.743. The highest BCUT2D eigenvalue weighted by molar-refractivity contribution is 7.90. The molecule has 1 aromatic carbocycles. The van der Waals surface area contributed by atoms with Crippen LogP contribution in [0.4, 0.5) is 5.69 Å². The zero-order valence-electron chi connectivity index (χ0n) is 10.7. The molecule has 6 nitrogen and oxygen atoms in total. The highest BCUT2D eigenvalue weighted by Gasteiger charge is 2.12. The minimum atomic E-state index is -3.91. The first-order valence-electron chi connectivity index (χ1n) is 5.94. The molecule has 0 fully saturated rings. The van der Waals surface area contributed by atoms with Crippen LogP contribution in [0.5, 0.6) is 5.75 Å². The average Bonchev–Trinajstić information content (AvgIpc) is 2.33. The van der Waals surface area contributed by atoms with Gasteiger partial charge in [-0.2, -0.15) is 13.7 Å². The molecule has 0 bridgehead atoms. The predicted octanol–water partition coefficient (Wildman–Crippen LogP) is 1.74. The van der Waals surface area contributed by atoms with Gasteiger partial charge in [0.1, 0.15) is 17.4 Å². The van der Waals surface area contributed by atoms with Crippen molar-refractivity contribution in [3.63, 3.8) is 0 Å². The van der Waals surface area contributed by atoms with E-state index in [9.17, 15) is 8.42 Å². The van der Waals surface area contributed by atoms with Crippen molar-refractivity contribution in [1.29, 1.82) is 5.26 Å². The molecule has 0 amide bonds. The van der Waals surface area contributed by atoms with E-state index in [0.717, 1.165) is 19.3 Å². The smallest absolute Gasteiger partial charge is 0.296 e. The second-order valence-corrected chi connectivity index (χ2v) is 5.29. The van der Waals surface area contributed by atoms with Gasteiger partial charge in [0.05, 0.1) is 12.3 Å². The third-order valence-electron chi connectivity index (χ3n) is 2.40. The molecule has 0 spiro atoms. The van der Waals surface area contributed by atoms with Crippen LogP contribution in [0.15, 0.2) is 18.2 Å². The average molecular weight is 283 g/mol. The lowest BCUT2D eigenvalue weighted by Gasteiger charge is -2.11. The number of nitriles is 1. The summed E-state index contributed by atoms with van der Waals surface area (Å²) in [7, 11) is -3.91. The lowest BCUT2D eigenvalue weighted by Crippen LogP contribution is -2.22. The van der Waals surface area contributed by atoms with Crippen LogP contribution in [0.25, 0.3) is 0 Å². The fourth-order valence-electron chi connectivity index (χ4n) is 1.54. The van der Waals surface area contributed by atoms with Crippen molar-refractivity contribution in [2.24, 2.45) is 5.14 Å². The van der Waals surface area contributed by atoms with E-state index in [-0.39, 0.29) is 11.3 Å². The lowest BCUT2D eigenvalue weighted by molar-refractivity contribution is 0.305. The number of ether oxygens (including phenoxy) is 1. The zero-order valence-corrected chi connectivity index (χ0v) is 11.5. The first-order valence-corrected chi connectivity index (χ1v) is 7.49. The normalized spacial score (nSPS) is 10.8. The minimum absolute atomic E-state index is 0.123. The van der Waals surface area contributed by atoms with E-state index < -0.39 is 10.2 Å². The molecule has 0 saturated heterocycles. The molecule has 104 valence electrons. The molecule has 0 radical (unpaired) electrons. The van der Waals surface area contributed by atoms with Gasteiger partial charge in [-0.05, 0) is 18.6 Å². The lowest BCUT2D eigenvalue weighted by atomic mass is 10.2. The Balaban J connectivity index is 2.88. The number of nitrogens with two attached hydrogens (primary N) is 1. The largest absolute Gasteiger partial charge is 0.492 e. The third-order valence-corrected chi connectivity index (χ3v) is 2.90. The Labute approximate surface area is 113 Å². The Morgan fingerprint density at radius 3 is 2.74 bits per heavy atom. The molecule has 1 aromatic rings. The molecule has 0 saturated carbocycles. The Bertz CT molecular complexity index is 564. The topological polar surface area (TPSA) is 105 Å². The maximum atomic E-state index is 11.0. The Morgan fingerprint density at radius 2 is 2.16 bits per heavy atom. The first-order chi connectivity index (χ1) is 8.98. The summed E-state index contributed by atoms with van der Waals surface area (Å²) in [5.41, 5.74) is 0.256. The molecule has 0 aromatic heterocycles. The van der Waals surface area contributed by atoms with E-state index >= 15 is 0 Å². The van der Waals surface area contributed by atoms with Gasteiger partial charge in [-0.1, -0.05) is 25.8 Å². The number of hydrogen-bond acceptors (Lipinski definition) is 4. The fourth-order valence-corrected chi connectivity index (χ4v) is 2.02. The molecule has 3 N–H and O–H groups in total. The maximum absolute atomic E-state index is 11.0. The Hall–Kier alpha value is -1.78. The van der Waals surface area contributed by atoms with Crippen molar-refractivity contribution >= 4 is 15.9 Å². The van der Waals surface area contributed by atoms with Crippen LogP contribution >= 0.6 is 0 Å². The van der Waals surface area contributed by atoms with Crippen LogP contribution in [0.1, 0.15) is 31.7 Å². The van der Waals surface area contributed by atoms with E-state index in [4.69, 9.17) is 15.1 Å². The molecule has 0 aliphatic rings. The number of hydrogen-bond donors (Lipinski definition) is 2. The third kappa shape index (κ3) is 5.16. The van der Waals surface area contributed by atoms with Gasteiger partial charge < -0.3 is 4.74 Å².